The smallest absolute Gasteiger partial charge is 0.187 e. The van der Waals surface area contributed by atoms with Crippen LogP contribution < -0.4 is 0 Å². The fourth-order valence-electron chi connectivity index (χ4n) is 6.90. The Morgan fingerprint density at radius 1 is 0.765 bits per heavy atom. The highest BCUT2D eigenvalue weighted by atomic mass is 16.8. The predicted octanol–water partition coefficient (Wildman–Crippen LogP) is 7.49. The second-order valence-electron chi connectivity index (χ2n) is 14.3. The molecule has 3 fully saturated rings. The SMILES string of the molecule is C=C[C@@H](OCc1ccccc1)[C@H](OCc1ccccc1)[C@@H](COCc1ccccc1)OC(=C)C[C@H]1[C@H]2OC(C)(C)O[C@H]2O[C@@H]1[C@H]1COC(C)(C)O1. The lowest BCUT2D eigenvalue weighted by molar-refractivity contribution is -0.227. The molecule has 6 rings (SSSR count). The summed E-state index contributed by atoms with van der Waals surface area (Å²) in [5.41, 5.74) is 3.12. The van der Waals surface area contributed by atoms with Gasteiger partial charge in [-0.25, -0.2) is 0 Å². The van der Waals surface area contributed by atoms with E-state index in [-0.39, 0.29) is 30.8 Å². The van der Waals surface area contributed by atoms with Crippen LogP contribution in [0.5, 0.6) is 0 Å². The molecule has 8 atom stereocenters. The maximum Gasteiger partial charge on any atom is 0.187 e. The number of hydrogen-bond acceptors (Lipinski definition) is 9. The first-order valence-corrected chi connectivity index (χ1v) is 17.8. The van der Waals surface area contributed by atoms with Crippen LogP contribution in [0.2, 0.25) is 0 Å². The lowest BCUT2D eigenvalue weighted by atomic mass is 9.90. The molecular formula is C42H52O9. The van der Waals surface area contributed by atoms with Crippen LogP contribution >= 0.6 is 0 Å². The summed E-state index contributed by atoms with van der Waals surface area (Å²) < 4.78 is 57.5. The first kappa shape index (κ1) is 37.4. The van der Waals surface area contributed by atoms with Crippen molar-refractivity contribution in [3.63, 3.8) is 0 Å². The van der Waals surface area contributed by atoms with Gasteiger partial charge < -0.3 is 42.6 Å². The van der Waals surface area contributed by atoms with Gasteiger partial charge in [0.05, 0.1) is 44.9 Å². The van der Waals surface area contributed by atoms with Crippen LogP contribution in [0.1, 0.15) is 50.8 Å². The van der Waals surface area contributed by atoms with Crippen LogP contribution in [0, 0.1) is 5.92 Å². The second kappa shape index (κ2) is 17.0. The molecule has 0 saturated carbocycles. The van der Waals surface area contributed by atoms with Crippen molar-refractivity contribution in [2.45, 2.75) is 108 Å². The monoisotopic (exact) mass is 700 g/mol. The van der Waals surface area contributed by atoms with Crippen molar-refractivity contribution < 1.29 is 42.6 Å². The van der Waals surface area contributed by atoms with Gasteiger partial charge in [-0.3, -0.25) is 0 Å². The maximum absolute atomic E-state index is 6.79. The molecule has 0 unspecified atom stereocenters. The summed E-state index contributed by atoms with van der Waals surface area (Å²) in [5, 5.41) is 0. The molecule has 0 aliphatic carbocycles. The van der Waals surface area contributed by atoms with E-state index in [2.05, 4.69) is 13.2 Å². The zero-order valence-corrected chi connectivity index (χ0v) is 30.2. The van der Waals surface area contributed by atoms with Crippen molar-refractivity contribution in [2.24, 2.45) is 5.92 Å². The van der Waals surface area contributed by atoms with E-state index < -0.39 is 36.2 Å². The van der Waals surface area contributed by atoms with E-state index in [0.29, 0.717) is 38.6 Å². The summed E-state index contributed by atoms with van der Waals surface area (Å²) in [6.45, 7) is 17.9. The Morgan fingerprint density at radius 3 is 1.92 bits per heavy atom. The highest BCUT2D eigenvalue weighted by Crippen LogP contribution is 2.46. The van der Waals surface area contributed by atoms with Crippen LogP contribution in [0.4, 0.5) is 0 Å². The van der Waals surface area contributed by atoms with Crippen molar-refractivity contribution in [2.75, 3.05) is 13.2 Å². The van der Waals surface area contributed by atoms with Gasteiger partial charge >= 0.3 is 0 Å². The minimum Gasteiger partial charge on any atom is -0.490 e. The average Bonchev–Trinajstić information content (AvgIpc) is 3.75. The molecule has 0 spiro atoms. The Labute approximate surface area is 302 Å². The third-order valence-corrected chi connectivity index (χ3v) is 9.29. The standard InChI is InChI=1S/C42H52O9/c1-7-34(44-25-31-19-13-9-14-20-31)39(45-26-32-21-15-10-16-22-32)35(27-43-24-30-17-11-8-12-18-30)47-29(2)23-33-37(36-28-46-41(3,4)49-36)48-40-38(33)50-42(5,6)51-40/h7-22,33-40H,1-2,23-28H2,3-6H3/t33-,34-,35-,36-,37+,38-,39+,40-/m1/s1. The van der Waals surface area contributed by atoms with E-state index in [1.807, 2.05) is 119 Å². The fraction of sp³-hybridized carbons (Fsp3) is 0.476. The van der Waals surface area contributed by atoms with Gasteiger partial charge in [0.2, 0.25) is 0 Å². The number of ether oxygens (including phenoxy) is 9. The van der Waals surface area contributed by atoms with Gasteiger partial charge in [-0.1, -0.05) is 104 Å². The molecule has 3 aliphatic heterocycles. The van der Waals surface area contributed by atoms with Crippen LogP contribution in [-0.4, -0.2) is 67.7 Å². The number of fused-ring (bicyclic) bond motifs is 1. The molecule has 0 radical (unpaired) electrons. The highest BCUT2D eigenvalue weighted by Gasteiger charge is 2.58. The average molecular weight is 701 g/mol. The zero-order chi connectivity index (χ0) is 35.8. The molecule has 3 saturated heterocycles. The minimum absolute atomic E-state index is 0.175. The number of allylic oxidation sites excluding steroid dienone is 1. The Morgan fingerprint density at radius 2 is 1.35 bits per heavy atom. The molecule has 274 valence electrons. The number of rotatable bonds is 18. The van der Waals surface area contributed by atoms with E-state index >= 15 is 0 Å². The van der Waals surface area contributed by atoms with Gasteiger partial charge in [0.1, 0.15) is 24.4 Å². The van der Waals surface area contributed by atoms with Crippen LogP contribution in [-0.2, 0) is 62.5 Å². The lowest BCUT2D eigenvalue weighted by Crippen LogP contribution is -2.44. The van der Waals surface area contributed by atoms with Crippen LogP contribution in [0.3, 0.4) is 0 Å². The quantitative estimate of drug-likeness (QED) is 0.0990. The van der Waals surface area contributed by atoms with Gasteiger partial charge in [-0.2, -0.15) is 0 Å². The van der Waals surface area contributed by atoms with Gasteiger partial charge in [0.25, 0.3) is 0 Å². The fourth-order valence-corrected chi connectivity index (χ4v) is 6.90. The van der Waals surface area contributed by atoms with Gasteiger partial charge in [0, 0.05) is 12.3 Å². The molecule has 0 aromatic heterocycles. The summed E-state index contributed by atoms with van der Waals surface area (Å²) >= 11 is 0. The van der Waals surface area contributed by atoms with Crippen molar-refractivity contribution >= 4 is 0 Å². The van der Waals surface area contributed by atoms with E-state index in [4.69, 9.17) is 42.6 Å². The van der Waals surface area contributed by atoms with Crippen molar-refractivity contribution in [3.8, 4) is 0 Å². The van der Waals surface area contributed by atoms with Crippen LogP contribution in [0.25, 0.3) is 0 Å². The highest BCUT2D eigenvalue weighted by molar-refractivity contribution is 5.16. The van der Waals surface area contributed by atoms with E-state index in [1.165, 1.54) is 0 Å². The van der Waals surface area contributed by atoms with E-state index in [1.54, 1.807) is 6.08 Å². The summed E-state index contributed by atoms with van der Waals surface area (Å²) in [7, 11) is 0. The minimum atomic E-state index is -0.787. The summed E-state index contributed by atoms with van der Waals surface area (Å²) in [4.78, 5) is 0. The van der Waals surface area contributed by atoms with Crippen LogP contribution in [0.15, 0.2) is 116 Å². The molecule has 3 aliphatic rings. The third kappa shape index (κ3) is 10.2. The Bertz CT molecular complexity index is 1530. The van der Waals surface area contributed by atoms with Gasteiger partial charge in [-0.15, -0.1) is 6.58 Å². The van der Waals surface area contributed by atoms with E-state index in [0.717, 1.165) is 16.7 Å². The predicted molar refractivity (Wildman–Crippen MR) is 192 cm³/mol. The summed E-state index contributed by atoms with van der Waals surface area (Å²) in [6, 6.07) is 30.1. The summed E-state index contributed by atoms with van der Waals surface area (Å²) in [6.07, 6.45) is -1.08. The molecule has 9 nitrogen and oxygen atoms in total. The molecule has 3 heterocycles. The molecular weight excluding hydrogens is 648 g/mol. The first-order chi connectivity index (χ1) is 24.6. The molecule has 9 heteroatoms. The van der Waals surface area contributed by atoms with Crippen molar-refractivity contribution in [1.29, 1.82) is 0 Å². The van der Waals surface area contributed by atoms with E-state index in [9.17, 15) is 0 Å². The molecule has 3 aromatic rings. The second-order valence-corrected chi connectivity index (χ2v) is 14.3. The molecule has 0 bridgehead atoms. The molecule has 3 aromatic carbocycles. The number of hydrogen-bond donors (Lipinski definition) is 0. The molecule has 51 heavy (non-hydrogen) atoms. The van der Waals surface area contributed by atoms with Gasteiger partial charge in [0.15, 0.2) is 24.0 Å². The first-order valence-electron chi connectivity index (χ1n) is 17.8. The number of benzene rings is 3. The van der Waals surface area contributed by atoms with Crippen molar-refractivity contribution in [1.82, 2.24) is 0 Å². The Balaban J connectivity index is 1.23. The van der Waals surface area contributed by atoms with Gasteiger partial charge in [-0.05, 0) is 44.4 Å². The third-order valence-electron chi connectivity index (χ3n) is 9.29. The molecule has 0 amide bonds. The largest absolute Gasteiger partial charge is 0.490 e. The Kier molecular flexibility index (Phi) is 12.4. The van der Waals surface area contributed by atoms with Crippen molar-refractivity contribution in [3.05, 3.63) is 133 Å². The molecule has 0 N–H and O–H groups in total. The maximum atomic E-state index is 6.79. The zero-order valence-electron chi connectivity index (χ0n) is 30.2. The Hall–Kier alpha value is -3.38. The normalized spacial score (nSPS) is 26.6. The summed E-state index contributed by atoms with van der Waals surface area (Å²) in [5.74, 6) is -1.14. The topological polar surface area (TPSA) is 83.1 Å². The lowest BCUT2D eigenvalue weighted by Gasteiger charge is -2.34.